The summed E-state index contributed by atoms with van der Waals surface area (Å²) >= 11 is 4.07. The second-order valence-corrected chi connectivity index (χ2v) is 13.9. The van der Waals surface area contributed by atoms with Crippen LogP contribution in [-0.4, -0.2) is 0 Å². The monoisotopic (exact) mass is 542 g/mol. The van der Waals surface area contributed by atoms with Crippen LogP contribution in [0, 0.1) is 13.8 Å². The van der Waals surface area contributed by atoms with Crippen molar-refractivity contribution in [2.45, 2.75) is 118 Å². The maximum atomic E-state index is 2.52. The van der Waals surface area contributed by atoms with Gasteiger partial charge in [0.2, 0.25) is 0 Å². The Labute approximate surface area is 238 Å². The van der Waals surface area contributed by atoms with E-state index in [1.54, 1.807) is 9.75 Å². The highest BCUT2D eigenvalue weighted by Gasteiger charge is 2.15. The predicted octanol–water partition coefficient (Wildman–Crippen LogP) is 12.8. The van der Waals surface area contributed by atoms with Gasteiger partial charge in [0.25, 0.3) is 0 Å². The van der Waals surface area contributed by atoms with Gasteiger partial charge in [0.1, 0.15) is 0 Å². The van der Waals surface area contributed by atoms with Gasteiger partial charge in [0.05, 0.1) is 0 Å². The standard InChI is InChI=1S/C36H46S2/c1-5-7-9-11-13-15-17-27-23-33-29-19-20-30-32(31(29)21-25(3)35(33)37-27)22-26(4)36-34(30)24-28(38-36)18-16-14-12-10-8-6-2/h19-24H,5-18H2,1-4H3. The number of aryl methyl sites for hydroxylation is 4. The minimum atomic E-state index is 1.23. The van der Waals surface area contributed by atoms with Crippen molar-refractivity contribution in [3.63, 3.8) is 0 Å². The molecule has 2 heteroatoms. The Morgan fingerprint density at radius 2 is 0.842 bits per heavy atom. The van der Waals surface area contributed by atoms with E-state index in [0.29, 0.717) is 0 Å². The van der Waals surface area contributed by atoms with Crippen LogP contribution in [0.25, 0.3) is 41.7 Å². The van der Waals surface area contributed by atoms with E-state index in [1.165, 1.54) is 143 Å². The lowest BCUT2D eigenvalue weighted by Crippen LogP contribution is -1.84. The fourth-order valence-electron chi connectivity index (χ4n) is 6.26. The number of benzene rings is 3. The summed E-state index contributed by atoms with van der Waals surface area (Å²) in [6.45, 7) is 9.23. The molecular formula is C36H46S2. The van der Waals surface area contributed by atoms with Crippen LogP contribution in [0.5, 0.6) is 0 Å². The van der Waals surface area contributed by atoms with Gasteiger partial charge < -0.3 is 0 Å². The number of fused-ring (bicyclic) bond motifs is 7. The third-order valence-electron chi connectivity index (χ3n) is 8.43. The molecule has 0 saturated carbocycles. The first-order valence-corrected chi connectivity index (χ1v) is 17.0. The second kappa shape index (κ2) is 13.0. The first-order valence-electron chi connectivity index (χ1n) is 15.4. The zero-order chi connectivity index (χ0) is 26.5. The summed E-state index contributed by atoms with van der Waals surface area (Å²) in [7, 11) is 0. The molecule has 0 radical (unpaired) electrons. The zero-order valence-corrected chi connectivity index (χ0v) is 25.8. The van der Waals surface area contributed by atoms with Gasteiger partial charge in [-0.05, 0) is 96.5 Å². The largest absolute Gasteiger partial charge is 0.140 e. The Hall–Kier alpha value is -1.90. The van der Waals surface area contributed by atoms with E-state index in [1.807, 2.05) is 22.7 Å². The van der Waals surface area contributed by atoms with E-state index in [2.05, 4.69) is 64.1 Å². The summed E-state index contributed by atoms with van der Waals surface area (Å²) in [5.74, 6) is 0. The maximum absolute atomic E-state index is 2.52. The molecule has 202 valence electrons. The van der Waals surface area contributed by atoms with Gasteiger partial charge in [-0.1, -0.05) is 90.2 Å². The van der Waals surface area contributed by atoms with Crippen LogP contribution in [0.4, 0.5) is 0 Å². The first kappa shape index (κ1) is 27.7. The molecule has 2 heterocycles. The molecule has 0 amide bonds. The lowest BCUT2D eigenvalue weighted by Gasteiger charge is -2.10. The quantitative estimate of drug-likeness (QED) is 0.0966. The van der Waals surface area contributed by atoms with Crippen LogP contribution in [-0.2, 0) is 12.8 Å². The van der Waals surface area contributed by atoms with Crippen LogP contribution in [0.3, 0.4) is 0 Å². The molecule has 5 rings (SSSR count). The van der Waals surface area contributed by atoms with Crippen molar-refractivity contribution in [3.8, 4) is 0 Å². The van der Waals surface area contributed by atoms with Gasteiger partial charge in [0.15, 0.2) is 0 Å². The molecule has 0 aliphatic heterocycles. The van der Waals surface area contributed by atoms with Gasteiger partial charge >= 0.3 is 0 Å². The van der Waals surface area contributed by atoms with Gasteiger partial charge in [-0.3, -0.25) is 0 Å². The van der Waals surface area contributed by atoms with Gasteiger partial charge in [-0.25, -0.2) is 0 Å². The molecule has 5 aromatic rings. The molecule has 0 N–H and O–H groups in total. The Morgan fingerprint density at radius 1 is 0.447 bits per heavy atom. The summed E-state index contributed by atoms with van der Waals surface area (Å²) in [5.41, 5.74) is 2.87. The number of unbranched alkanes of at least 4 members (excludes halogenated alkanes) is 10. The van der Waals surface area contributed by atoms with E-state index in [9.17, 15) is 0 Å². The van der Waals surface area contributed by atoms with Crippen LogP contribution < -0.4 is 0 Å². The van der Waals surface area contributed by atoms with E-state index in [-0.39, 0.29) is 0 Å². The lowest BCUT2D eigenvalue weighted by atomic mass is 9.94. The molecule has 2 aromatic heterocycles. The molecule has 0 aliphatic rings. The summed E-state index contributed by atoms with van der Waals surface area (Å²) < 4.78 is 2.99. The smallest absolute Gasteiger partial charge is 0.0381 e. The SMILES string of the molecule is CCCCCCCCc1cc2c(s1)c(C)cc1c2ccc2c3cc(CCCCCCCC)sc3c(C)cc21. The van der Waals surface area contributed by atoms with Crippen molar-refractivity contribution in [1.82, 2.24) is 0 Å². The Morgan fingerprint density at radius 3 is 1.26 bits per heavy atom. The van der Waals surface area contributed by atoms with Crippen molar-refractivity contribution >= 4 is 64.4 Å². The van der Waals surface area contributed by atoms with Crippen molar-refractivity contribution in [2.75, 3.05) is 0 Å². The summed E-state index contributed by atoms with van der Waals surface area (Å²) in [5, 5.41) is 8.68. The second-order valence-electron chi connectivity index (χ2n) is 11.6. The van der Waals surface area contributed by atoms with Crippen LogP contribution in [0.1, 0.15) is 112 Å². The molecule has 0 saturated heterocycles. The van der Waals surface area contributed by atoms with Crippen molar-refractivity contribution in [3.05, 3.63) is 57.3 Å². The average molecular weight is 543 g/mol. The van der Waals surface area contributed by atoms with Crippen molar-refractivity contribution in [2.24, 2.45) is 0 Å². The van der Waals surface area contributed by atoms with Gasteiger partial charge in [-0.2, -0.15) is 0 Å². The van der Waals surface area contributed by atoms with Gasteiger partial charge in [0, 0.05) is 29.9 Å². The Bertz CT molecular complexity index is 1400. The highest BCUT2D eigenvalue weighted by molar-refractivity contribution is 7.19. The minimum absolute atomic E-state index is 1.23. The van der Waals surface area contributed by atoms with Crippen molar-refractivity contribution < 1.29 is 0 Å². The summed E-state index contributed by atoms with van der Waals surface area (Å²) in [6.07, 6.45) is 18.9. The molecule has 0 bridgehead atoms. The molecule has 38 heavy (non-hydrogen) atoms. The average Bonchev–Trinajstić information content (AvgIpc) is 3.54. The van der Waals surface area contributed by atoms with E-state index in [4.69, 9.17) is 0 Å². The molecular weight excluding hydrogens is 497 g/mol. The molecule has 0 unspecified atom stereocenters. The van der Waals surface area contributed by atoms with Crippen LogP contribution in [0.2, 0.25) is 0 Å². The highest BCUT2D eigenvalue weighted by Crippen LogP contribution is 2.42. The maximum Gasteiger partial charge on any atom is 0.0381 e. The molecule has 0 atom stereocenters. The van der Waals surface area contributed by atoms with E-state index in [0.717, 1.165) is 0 Å². The Balaban J connectivity index is 1.43. The van der Waals surface area contributed by atoms with Crippen molar-refractivity contribution in [1.29, 1.82) is 0 Å². The number of rotatable bonds is 14. The fourth-order valence-corrected chi connectivity index (χ4v) is 8.63. The third-order valence-corrected chi connectivity index (χ3v) is 11.1. The third kappa shape index (κ3) is 5.97. The number of hydrogen-bond acceptors (Lipinski definition) is 2. The van der Waals surface area contributed by atoms with Crippen LogP contribution >= 0.6 is 22.7 Å². The summed E-state index contributed by atoms with van der Waals surface area (Å²) in [6, 6.07) is 14.8. The van der Waals surface area contributed by atoms with E-state index < -0.39 is 0 Å². The Kier molecular flexibility index (Phi) is 9.44. The summed E-state index contributed by atoms with van der Waals surface area (Å²) in [4.78, 5) is 3.13. The highest BCUT2D eigenvalue weighted by atomic mass is 32.1. The molecule has 0 nitrogen and oxygen atoms in total. The zero-order valence-electron chi connectivity index (χ0n) is 24.2. The fraction of sp³-hybridized carbons (Fsp3) is 0.500. The van der Waals surface area contributed by atoms with Gasteiger partial charge in [-0.15, -0.1) is 22.7 Å². The lowest BCUT2D eigenvalue weighted by molar-refractivity contribution is 0.609. The van der Waals surface area contributed by atoms with E-state index >= 15 is 0 Å². The predicted molar refractivity (Wildman–Crippen MR) is 176 cm³/mol. The molecule has 3 aromatic carbocycles. The first-order chi connectivity index (χ1) is 18.6. The number of thiophene rings is 2. The molecule has 0 aliphatic carbocycles. The topological polar surface area (TPSA) is 0 Å². The molecule has 0 spiro atoms. The van der Waals surface area contributed by atoms with Crippen LogP contribution in [0.15, 0.2) is 36.4 Å². The normalized spacial score (nSPS) is 12.1. The minimum Gasteiger partial charge on any atom is -0.140 e. The number of hydrogen-bond donors (Lipinski definition) is 0. The molecule has 0 fully saturated rings.